The molecule has 7 heteroatoms. The van der Waals surface area contributed by atoms with Gasteiger partial charge in [-0.2, -0.15) is 5.10 Å². The van der Waals surface area contributed by atoms with Gasteiger partial charge >= 0.3 is 0 Å². The molecule has 0 aliphatic heterocycles. The van der Waals surface area contributed by atoms with Crippen LogP contribution in [0.3, 0.4) is 0 Å². The smallest absolute Gasteiger partial charge is 0.246 e. The molecule has 1 amide bonds. The summed E-state index contributed by atoms with van der Waals surface area (Å²) >= 11 is 5.87. The third-order valence-corrected chi connectivity index (χ3v) is 2.95. The van der Waals surface area contributed by atoms with E-state index in [1.807, 2.05) is 0 Å². The third-order valence-electron chi connectivity index (χ3n) is 2.62. The maximum Gasteiger partial charge on any atom is 0.246 e. The van der Waals surface area contributed by atoms with Crippen LogP contribution >= 0.6 is 11.6 Å². The second-order valence-electron chi connectivity index (χ2n) is 4.10. The molecule has 2 aromatic rings. The van der Waals surface area contributed by atoms with Gasteiger partial charge in [0.1, 0.15) is 18.0 Å². The van der Waals surface area contributed by atoms with Gasteiger partial charge in [0.15, 0.2) is 0 Å². The molecule has 0 radical (unpaired) electrons. The Morgan fingerprint density at radius 3 is 3.00 bits per heavy atom. The fourth-order valence-electron chi connectivity index (χ4n) is 1.56. The number of nitrogens with one attached hydrogen (secondary N) is 1. The normalized spacial score (nSPS) is 10.9. The largest absolute Gasteiger partial charge is 0.335 e. The van der Waals surface area contributed by atoms with E-state index in [9.17, 15) is 9.18 Å². The van der Waals surface area contributed by atoms with Crippen LogP contribution in [0, 0.1) is 5.82 Å². The van der Waals surface area contributed by atoms with Crippen molar-refractivity contribution in [2.45, 2.75) is 6.54 Å². The molecule has 1 aromatic carbocycles. The van der Waals surface area contributed by atoms with Crippen molar-refractivity contribution in [1.29, 1.82) is 0 Å². The quantitative estimate of drug-likeness (QED) is 0.880. The number of nitrogens with zero attached hydrogens (tertiary/aromatic N) is 3. The molecule has 0 saturated carbocycles. The van der Waals surface area contributed by atoms with Crippen LogP contribution in [-0.4, -0.2) is 33.0 Å². The minimum absolute atomic E-state index is 0.190. The van der Waals surface area contributed by atoms with Crippen molar-refractivity contribution in [2.24, 2.45) is 0 Å². The topological polar surface area (TPSA) is 61.9 Å². The fourth-order valence-corrected chi connectivity index (χ4v) is 1.79. The predicted octanol–water partition coefficient (Wildman–Crippen LogP) is 2.27. The number of hydrogen-bond acceptors (Lipinski definition) is 3. The highest BCUT2D eigenvalue weighted by atomic mass is 35.5. The van der Waals surface area contributed by atoms with Gasteiger partial charge in [-0.05, 0) is 18.2 Å². The summed E-state index contributed by atoms with van der Waals surface area (Å²) in [6, 6.07) is 4.36. The molecule has 0 aliphatic rings. The van der Waals surface area contributed by atoms with Crippen molar-refractivity contribution in [3.05, 3.63) is 52.8 Å². The highest BCUT2D eigenvalue weighted by molar-refractivity contribution is 6.32. The van der Waals surface area contributed by atoms with Gasteiger partial charge in [-0.15, -0.1) is 0 Å². The van der Waals surface area contributed by atoms with E-state index in [0.29, 0.717) is 5.82 Å². The van der Waals surface area contributed by atoms with Gasteiger partial charge in [-0.3, -0.25) is 9.89 Å². The van der Waals surface area contributed by atoms with Gasteiger partial charge in [-0.1, -0.05) is 17.7 Å². The number of carbonyl (C=O) groups excluding carboxylic acids is 1. The molecule has 0 saturated heterocycles. The van der Waals surface area contributed by atoms with Crippen LogP contribution in [0.25, 0.3) is 6.08 Å². The van der Waals surface area contributed by atoms with Gasteiger partial charge in [0.05, 0.1) is 11.6 Å². The summed E-state index contributed by atoms with van der Waals surface area (Å²) in [5, 5.41) is 6.60. The molecule has 0 aliphatic carbocycles. The molecule has 104 valence electrons. The van der Waals surface area contributed by atoms with Gasteiger partial charge in [-0.25, -0.2) is 9.37 Å². The van der Waals surface area contributed by atoms with Crippen molar-refractivity contribution in [1.82, 2.24) is 20.1 Å². The molecule has 1 N–H and O–H groups in total. The van der Waals surface area contributed by atoms with E-state index in [1.54, 1.807) is 13.1 Å². The van der Waals surface area contributed by atoms with Crippen molar-refractivity contribution in [3.63, 3.8) is 0 Å². The second kappa shape index (κ2) is 6.29. The van der Waals surface area contributed by atoms with Gasteiger partial charge in [0, 0.05) is 18.7 Å². The van der Waals surface area contributed by atoms with Gasteiger partial charge in [0.25, 0.3) is 0 Å². The minimum Gasteiger partial charge on any atom is -0.335 e. The summed E-state index contributed by atoms with van der Waals surface area (Å²) < 4.78 is 13.5. The lowest BCUT2D eigenvalue weighted by molar-refractivity contribution is -0.125. The number of rotatable bonds is 4. The highest BCUT2D eigenvalue weighted by Gasteiger charge is 2.09. The van der Waals surface area contributed by atoms with E-state index < -0.39 is 5.82 Å². The van der Waals surface area contributed by atoms with E-state index in [4.69, 9.17) is 11.6 Å². The summed E-state index contributed by atoms with van der Waals surface area (Å²) in [6.45, 7) is 0.286. The number of amides is 1. The Kier molecular flexibility index (Phi) is 4.47. The molecular weight excluding hydrogens is 283 g/mol. The molecule has 2 rings (SSSR count). The molecule has 1 aromatic heterocycles. The average molecular weight is 295 g/mol. The number of likely N-dealkylation sites (N-methyl/N-ethyl adjacent to an activating group) is 1. The molecular formula is C13H12ClFN4O. The first-order valence-electron chi connectivity index (χ1n) is 5.79. The van der Waals surface area contributed by atoms with Gasteiger partial charge < -0.3 is 4.90 Å². The Balaban J connectivity index is 2.05. The Bertz CT molecular complexity index is 607. The zero-order valence-electron chi connectivity index (χ0n) is 10.7. The Hall–Kier alpha value is -2.21. The van der Waals surface area contributed by atoms with E-state index >= 15 is 0 Å². The van der Waals surface area contributed by atoms with Crippen LogP contribution in [0.5, 0.6) is 0 Å². The van der Waals surface area contributed by atoms with Crippen LogP contribution in [-0.2, 0) is 11.3 Å². The van der Waals surface area contributed by atoms with Crippen molar-refractivity contribution >= 4 is 23.6 Å². The average Bonchev–Trinajstić information content (AvgIpc) is 2.90. The maximum absolute atomic E-state index is 13.5. The first-order chi connectivity index (χ1) is 9.58. The third kappa shape index (κ3) is 3.42. The number of aromatic nitrogens is 3. The zero-order valence-corrected chi connectivity index (χ0v) is 11.4. The summed E-state index contributed by atoms with van der Waals surface area (Å²) in [5.41, 5.74) is 0.190. The number of aromatic amines is 1. The molecule has 0 bridgehead atoms. The molecule has 0 unspecified atom stereocenters. The van der Waals surface area contributed by atoms with Crippen LogP contribution in [0.2, 0.25) is 5.02 Å². The van der Waals surface area contributed by atoms with E-state index in [0.717, 1.165) is 0 Å². The minimum atomic E-state index is -0.473. The number of benzene rings is 1. The SMILES string of the molecule is CN(Cc1ncn[nH]1)C(=O)C=Cc1c(F)cccc1Cl. The number of carbonyl (C=O) groups is 1. The lowest BCUT2D eigenvalue weighted by atomic mass is 10.2. The molecule has 0 atom stereocenters. The van der Waals surface area contributed by atoms with E-state index in [-0.39, 0.29) is 23.0 Å². The molecule has 20 heavy (non-hydrogen) atoms. The number of halogens is 2. The predicted molar refractivity (Wildman–Crippen MR) is 73.3 cm³/mol. The molecule has 5 nitrogen and oxygen atoms in total. The number of hydrogen-bond donors (Lipinski definition) is 1. The van der Waals surface area contributed by atoms with Crippen molar-refractivity contribution in [2.75, 3.05) is 7.05 Å². The standard InChI is InChI=1S/C13H12ClFN4O/c1-19(7-12-16-8-17-18-12)13(20)6-5-9-10(14)3-2-4-11(9)15/h2-6,8H,7H2,1H3,(H,16,17,18). The summed E-state index contributed by atoms with van der Waals surface area (Å²) in [6.07, 6.45) is 3.99. The van der Waals surface area contributed by atoms with Crippen molar-refractivity contribution < 1.29 is 9.18 Å². The molecule has 0 fully saturated rings. The number of H-pyrrole nitrogens is 1. The Morgan fingerprint density at radius 2 is 2.35 bits per heavy atom. The molecule has 1 heterocycles. The summed E-state index contributed by atoms with van der Waals surface area (Å²) in [5.74, 6) is -0.196. The van der Waals surface area contributed by atoms with Crippen LogP contribution < -0.4 is 0 Å². The Labute approximate surface area is 120 Å². The first-order valence-corrected chi connectivity index (χ1v) is 6.17. The molecule has 0 spiro atoms. The fraction of sp³-hybridized carbons (Fsp3) is 0.154. The zero-order chi connectivity index (χ0) is 14.5. The lowest BCUT2D eigenvalue weighted by Gasteiger charge is -2.12. The van der Waals surface area contributed by atoms with Crippen LogP contribution in [0.15, 0.2) is 30.6 Å². The highest BCUT2D eigenvalue weighted by Crippen LogP contribution is 2.20. The van der Waals surface area contributed by atoms with Crippen LogP contribution in [0.1, 0.15) is 11.4 Å². The first kappa shape index (κ1) is 14.2. The second-order valence-corrected chi connectivity index (χ2v) is 4.50. The Morgan fingerprint density at radius 1 is 1.55 bits per heavy atom. The van der Waals surface area contributed by atoms with Gasteiger partial charge in [0.2, 0.25) is 5.91 Å². The maximum atomic E-state index is 13.5. The summed E-state index contributed by atoms with van der Waals surface area (Å²) in [4.78, 5) is 17.2. The van der Waals surface area contributed by atoms with Crippen LogP contribution in [0.4, 0.5) is 4.39 Å². The van der Waals surface area contributed by atoms with E-state index in [2.05, 4.69) is 15.2 Å². The lowest BCUT2D eigenvalue weighted by Crippen LogP contribution is -2.24. The monoisotopic (exact) mass is 294 g/mol. The summed E-state index contributed by atoms with van der Waals surface area (Å²) in [7, 11) is 1.61. The van der Waals surface area contributed by atoms with E-state index in [1.165, 1.54) is 35.5 Å². The van der Waals surface area contributed by atoms with Crippen molar-refractivity contribution in [3.8, 4) is 0 Å².